The zero-order chi connectivity index (χ0) is 17.4. The second-order valence-corrected chi connectivity index (χ2v) is 5.95. The van der Waals surface area contributed by atoms with Crippen LogP contribution in [-0.2, 0) is 0 Å². The summed E-state index contributed by atoms with van der Waals surface area (Å²) < 4.78 is 0. The lowest BCUT2D eigenvalue weighted by atomic mass is 10.2. The Morgan fingerprint density at radius 1 is 1.17 bits per heavy atom. The summed E-state index contributed by atoms with van der Waals surface area (Å²) in [5.74, 6) is 0.800. The number of anilines is 2. The average molecular weight is 325 g/mol. The van der Waals surface area contributed by atoms with Crippen molar-refractivity contribution in [1.29, 1.82) is 0 Å². The van der Waals surface area contributed by atoms with E-state index in [-0.39, 0.29) is 5.91 Å². The van der Waals surface area contributed by atoms with Gasteiger partial charge in [-0.25, -0.2) is 4.98 Å². The normalized spacial score (nSPS) is 10.5. The Kier molecular flexibility index (Phi) is 6.79. The summed E-state index contributed by atoms with van der Waals surface area (Å²) in [4.78, 5) is 18.7. The number of unbranched alkanes of at least 4 members (excludes halogenated alkanes) is 2. The molecule has 128 valence electrons. The van der Waals surface area contributed by atoms with Gasteiger partial charge in [0.25, 0.3) is 5.91 Å². The second-order valence-electron chi connectivity index (χ2n) is 5.95. The van der Waals surface area contributed by atoms with Crippen LogP contribution < -0.4 is 10.2 Å². The van der Waals surface area contributed by atoms with E-state index in [4.69, 9.17) is 0 Å². The highest BCUT2D eigenvalue weighted by Gasteiger charge is 2.11. The third kappa shape index (κ3) is 4.82. The third-order valence-corrected chi connectivity index (χ3v) is 3.98. The maximum absolute atomic E-state index is 12.1. The molecule has 2 rings (SSSR count). The summed E-state index contributed by atoms with van der Waals surface area (Å²) in [6.07, 6.45) is 4.96. The Balaban J connectivity index is 2.06. The number of carbonyl (C=O) groups is 1. The summed E-state index contributed by atoms with van der Waals surface area (Å²) in [7, 11) is 0. The highest BCUT2D eigenvalue weighted by molar-refractivity contribution is 5.94. The Bertz CT molecular complexity index is 652. The van der Waals surface area contributed by atoms with Crippen molar-refractivity contribution in [2.75, 3.05) is 18.0 Å². The van der Waals surface area contributed by atoms with Crippen LogP contribution in [0.25, 0.3) is 0 Å². The zero-order valence-corrected chi connectivity index (χ0v) is 14.9. The molecule has 0 radical (unpaired) electrons. The Labute approximate surface area is 144 Å². The van der Waals surface area contributed by atoms with Crippen molar-refractivity contribution in [3.05, 3.63) is 53.7 Å². The molecule has 0 aliphatic rings. The number of benzene rings is 1. The number of carbonyl (C=O) groups excluding carboxylic acids is 1. The van der Waals surface area contributed by atoms with E-state index in [2.05, 4.69) is 54.2 Å². The maximum Gasteiger partial charge on any atom is 0.252 e. The van der Waals surface area contributed by atoms with Crippen LogP contribution in [0.2, 0.25) is 0 Å². The van der Waals surface area contributed by atoms with Crippen molar-refractivity contribution < 1.29 is 4.79 Å². The van der Waals surface area contributed by atoms with E-state index in [1.54, 1.807) is 6.20 Å². The number of pyridine rings is 1. The van der Waals surface area contributed by atoms with Gasteiger partial charge < -0.3 is 10.2 Å². The fourth-order valence-electron chi connectivity index (χ4n) is 2.63. The average Bonchev–Trinajstić information content (AvgIpc) is 2.60. The van der Waals surface area contributed by atoms with Crippen molar-refractivity contribution >= 4 is 17.4 Å². The molecule has 2 aromatic rings. The van der Waals surface area contributed by atoms with E-state index >= 15 is 0 Å². The minimum atomic E-state index is -0.0521. The predicted molar refractivity (Wildman–Crippen MR) is 100.0 cm³/mol. The highest BCUT2D eigenvalue weighted by Crippen LogP contribution is 2.24. The highest BCUT2D eigenvalue weighted by atomic mass is 16.1. The van der Waals surface area contributed by atoms with Crippen LogP contribution in [0, 0.1) is 6.92 Å². The minimum Gasteiger partial charge on any atom is -0.352 e. The Morgan fingerprint density at radius 3 is 2.62 bits per heavy atom. The lowest BCUT2D eigenvalue weighted by molar-refractivity contribution is 0.0952. The number of nitrogens with one attached hydrogen (secondary N) is 1. The zero-order valence-electron chi connectivity index (χ0n) is 14.9. The molecule has 1 heterocycles. The summed E-state index contributed by atoms with van der Waals surface area (Å²) >= 11 is 0. The van der Waals surface area contributed by atoms with Gasteiger partial charge in [-0.1, -0.05) is 31.9 Å². The molecule has 24 heavy (non-hydrogen) atoms. The molecule has 0 saturated heterocycles. The van der Waals surface area contributed by atoms with Crippen LogP contribution in [0.5, 0.6) is 0 Å². The first-order valence-corrected chi connectivity index (χ1v) is 8.74. The van der Waals surface area contributed by atoms with Crippen molar-refractivity contribution in [2.45, 2.75) is 40.0 Å². The first-order chi connectivity index (χ1) is 11.7. The number of aryl methyl sites for hydroxylation is 1. The summed E-state index contributed by atoms with van der Waals surface area (Å²) in [5.41, 5.74) is 2.94. The molecule has 1 aromatic heterocycles. The Morgan fingerprint density at radius 2 is 2.00 bits per heavy atom. The molecule has 0 spiro atoms. The fraction of sp³-hybridized carbons (Fsp3) is 0.400. The van der Waals surface area contributed by atoms with E-state index in [0.29, 0.717) is 5.56 Å². The number of rotatable bonds is 8. The molecule has 0 saturated carbocycles. The predicted octanol–water partition coefficient (Wildman–Crippen LogP) is 4.47. The summed E-state index contributed by atoms with van der Waals surface area (Å²) in [5, 5.41) is 2.94. The van der Waals surface area contributed by atoms with Crippen molar-refractivity contribution in [3.8, 4) is 0 Å². The van der Waals surface area contributed by atoms with Gasteiger partial charge in [0.05, 0.1) is 5.56 Å². The molecule has 4 nitrogen and oxygen atoms in total. The van der Waals surface area contributed by atoms with E-state index in [0.717, 1.165) is 43.9 Å². The quantitative estimate of drug-likeness (QED) is 0.728. The SMILES string of the molecule is CCCCCNC(=O)c1ccc(N(CC)c2cccc(C)c2)nc1. The van der Waals surface area contributed by atoms with Crippen LogP contribution in [0.3, 0.4) is 0 Å². The van der Waals surface area contributed by atoms with Crippen LogP contribution in [0.4, 0.5) is 11.5 Å². The monoisotopic (exact) mass is 325 g/mol. The third-order valence-electron chi connectivity index (χ3n) is 3.98. The summed E-state index contributed by atoms with van der Waals surface area (Å²) in [6, 6.07) is 12.1. The number of aromatic nitrogens is 1. The first-order valence-electron chi connectivity index (χ1n) is 8.74. The molecule has 1 amide bonds. The number of amides is 1. The molecule has 4 heteroatoms. The number of hydrogen-bond donors (Lipinski definition) is 1. The van der Waals surface area contributed by atoms with Gasteiger partial charge in [0.1, 0.15) is 5.82 Å². The van der Waals surface area contributed by atoms with Crippen LogP contribution in [0.15, 0.2) is 42.6 Å². The van der Waals surface area contributed by atoms with Gasteiger partial charge in [0.15, 0.2) is 0 Å². The van der Waals surface area contributed by atoms with E-state index in [1.807, 2.05) is 18.2 Å². The molecular formula is C20H27N3O. The molecule has 1 aromatic carbocycles. The standard InChI is InChI=1S/C20H27N3O/c1-4-6-7-13-21-20(24)17-11-12-19(22-15-17)23(5-2)18-10-8-9-16(3)14-18/h8-12,14-15H,4-7,13H2,1-3H3,(H,21,24). The van der Waals surface area contributed by atoms with E-state index < -0.39 is 0 Å². The maximum atomic E-state index is 12.1. The van der Waals surface area contributed by atoms with Crippen molar-refractivity contribution in [3.63, 3.8) is 0 Å². The van der Waals surface area contributed by atoms with Crippen LogP contribution in [0.1, 0.15) is 49.0 Å². The molecule has 0 atom stereocenters. The second kappa shape index (κ2) is 9.06. The van der Waals surface area contributed by atoms with Gasteiger partial charge in [0, 0.05) is 25.0 Å². The summed E-state index contributed by atoms with van der Waals surface area (Å²) in [6.45, 7) is 7.87. The van der Waals surface area contributed by atoms with Crippen LogP contribution >= 0.6 is 0 Å². The first kappa shape index (κ1) is 18.0. The number of nitrogens with zero attached hydrogens (tertiary/aromatic N) is 2. The molecular weight excluding hydrogens is 298 g/mol. The largest absolute Gasteiger partial charge is 0.352 e. The van der Waals surface area contributed by atoms with E-state index in [9.17, 15) is 4.79 Å². The lowest BCUT2D eigenvalue weighted by Crippen LogP contribution is -2.25. The van der Waals surface area contributed by atoms with Gasteiger partial charge in [-0.3, -0.25) is 4.79 Å². The van der Waals surface area contributed by atoms with Crippen molar-refractivity contribution in [2.24, 2.45) is 0 Å². The van der Waals surface area contributed by atoms with Gasteiger partial charge >= 0.3 is 0 Å². The topological polar surface area (TPSA) is 45.2 Å². The molecule has 0 aliphatic heterocycles. The Hall–Kier alpha value is -2.36. The fourth-order valence-corrected chi connectivity index (χ4v) is 2.63. The minimum absolute atomic E-state index is 0.0521. The molecule has 0 bridgehead atoms. The van der Waals surface area contributed by atoms with Gasteiger partial charge in [-0.2, -0.15) is 0 Å². The number of hydrogen-bond acceptors (Lipinski definition) is 3. The van der Waals surface area contributed by atoms with Gasteiger partial charge in [0.2, 0.25) is 0 Å². The molecule has 0 unspecified atom stereocenters. The smallest absolute Gasteiger partial charge is 0.252 e. The van der Waals surface area contributed by atoms with Crippen LogP contribution in [-0.4, -0.2) is 24.0 Å². The molecule has 0 aliphatic carbocycles. The van der Waals surface area contributed by atoms with E-state index in [1.165, 1.54) is 5.56 Å². The lowest BCUT2D eigenvalue weighted by Gasteiger charge is -2.22. The van der Waals surface area contributed by atoms with Crippen molar-refractivity contribution in [1.82, 2.24) is 10.3 Å². The van der Waals surface area contributed by atoms with Gasteiger partial charge in [-0.05, 0) is 50.1 Å². The molecule has 1 N–H and O–H groups in total. The molecule has 0 fully saturated rings. The van der Waals surface area contributed by atoms with Gasteiger partial charge in [-0.15, -0.1) is 0 Å².